The number of ketones is 1. The van der Waals surface area contributed by atoms with Crippen LogP contribution in [0.1, 0.15) is 34.6 Å². The lowest BCUT2D eigenvalue weighted by molar-refractivity contribution is -0.141. The lowest BCUT2D eigenvalue weighted by Gasteiger charge is -2.17. The summed E-state index contributed by atoms with van der Waals surface area (Å²) in [7, 11) is 1.34. The van der Waals surface area contributed by atoms with Gasteiger partial charge in [-0.1, -0.05) is 30.3 Å². The second-order valence-corrected chi connectivity index (χ2v) is 5.31. The van der Waals surface area contributed by atoms with Crippen LogP contribution in [0, 0.1) is 6.92 Å². The first-order valence-electron chi connectivity index (χ1n) is 6.41. The van der Waals surface area contributed by atoms with E-state index in [-0.39, 0.29) is 5.78 Å². The molecule has 0 bridgehead atoms. The molecular weight excluding hydrogens is 288 g/mol. The van der Waals surface area contributed by atoms with Gasteiger partial charge in [0.05, 0.1) is 18.4 Å². The average Bonchev–Trinajstić information content (AvgIpc) is 2.85. The van der Waals surface area contributed by atoms with Crippen LogP contribution in [-0.4, -0.2) is 23.2 Å². The fourth-order valence-electron chi connectivity index (χ4n) is 2.06. The molecule has 1 aromatic carbocycles. The van der Waals surface area contributed by atoms with Crippen LogP contribution in [0.4, 0.5) is 5.00 Å². The van der Waals surface area contributed by atoms with Crippen molar-refractivity contribution < 1.29 is 14.3 Å². The Bertz CT molecular complexity index is 652. The van der Waals surface area contributed by atoms with Crippen molar-refractivity contribution in [2.45, 2.75) is 19.9 Å². The summed E-state index contributed by atoms with van der Waals surface area (Å²) in [5.74, 6) is -0.498. The highest BCUT2D eigenvalue weighted by atomic mass is 32.1. The largest absolute Gasteiger partial charge is 0.467 e. The number of nitrogens with one attached hydrogen (secondary N) is 1. The smallest absolute Gasteiger partial charge is 0.333 e. The van der Waals surface area contributed by atoms with Gasteiger partial charge in [-0.3, -0.25) is 4.79 Å². The van der Waals surface area contributed by atoms with E-state index in [1.54, 1.807) is 6.92 Å². The second-order valence-electron chi connectivity index (χ2n) is 4.54. The van der Waals surface area contributed by atoms with E-state index in [1.165, 1.54) is 25.6 Å². The first-order valence-corrected chi connectivity index (χ1v) is 7.18. The Balaban J connectivity index is 2.37. The second kappa shape index (κ2) is 6.49. The van der Waals surface area contributed by atoms with E-state index in [1.807, 2.05) is 30.3 Å². The number of ether oxygens (including phenoxy) is 1. The number of rotatable bonds is 5. The lowest BCUT2D eigenvalue weighted by Crippen LogP contribution is -2.22. The van der Waals surface area contributed by atoms with E-state index >= 15 is 0 Å². The van der Waals surface area contributed by atoms with Crippen molar-refractivity contribution in [1.29, 1.82) is 0 Å². The molecule has 0 fully saturated rings. The summed E-state index contributed by atoms with van der Waals surface area (Å²) >= 11 is 1.17. The molecule has 0 spiro atoms. The maximum atomic E-state index is 12.0. The Morgan fingerprint density at radius 2 is 1.95 bits per heavy atom. The van der Waals surface area contributed by atoms with Gasteiger partial charge >= 0.3 is 5.97 Å². The first kappa shape index (κ1) is 15.2. The van der Waals surface area contributed by atoms with Gasteiger partial charge in [0.1, 0.15) is 5.00 Å². The third-order valence-corrected chi connectivity index (χ3v) is 3.93. The molecule has 1 heterocycles. The highest BCUT2D eigenvalue weighted by molar-refractivity contribution is 7.10. The summed E-state index contributed by atoms with van der Waals surface area (Å²) in [6.45, 7) is 3.26. The molecule has 2 aromatic rings. The Morgan fingerprint density at radius 3 is 2.52 bits per heavy atom. The quantitative estimate of drug-likeness (QED) is 0.679. The van der Waals surface area contributed by atoms with Gasteiger partial charge in [0.15, 0.2) is 11.8 Å². The topological polar surface area (TPSA) is 68.3 Å². The molecule has 0 saturated heterocycles. The summed E-state index contributed by atoms with van der Waals surface area (Å²) in [5, 5.41) is 3.66. The molecule has 1 aromatic heterocycles. The Labute approximate surface area is 127 Å². The minimum absolute atomic E-state index is 0.0829. The zero-order valence-electron chi connectivity index (χ0n) is 12.0. The minimum atomic E-state index is -0.672. The summed E-state index contributed by atoms with van der Waals surface area (Å²) in [5.41, 5.74) is 1.95. The van der Waals surface area contributed by atoms with E-state index in [2.05, 4.69) is 9.69 Å². The zero-order valence-corrected chi connectivity index (χ0v) is 12.9. The van der Waals surface area contributed by atoms with Crippen LogP contribution < -0.4 is 5.32 Å². The monoisotopic (exact) mass is 304 g/mol. The standard InChI is InChI=1S/C15H16N2O3S/c1-9-12(10(2)18)14(21-17-9)16-13(15(19)20-3)11-7-5-4-6-8-11/h4-8,13,16H,1-3H3. The van der Waals surface area contributed by atoms with Crippen LogP contribution in [0.5, 0.6) is 0 Å². The molecule has 6 heteroatoms. The Kier molecular flexibility index (Phi) is 4.70. The van der Waals surface area contributed by atoms with Gasteiger partial charge in [0, 0.05) is 0 Å². The molecule has 0 aliphatic rings. The van der Waals surface area contributed by atoms with Crippen molar-refractivity contribution >= 4 is 28.3 Å². The van der Waals surface area contributed by atoms with Crippen LogP contribution in [0.3, 0.4) is 0 Å². The van der Waals surface area contributed by atoms with Gasteiger partial charge < -0.3 is 10.1 Å². The molecule has 1 N–H and O–H groups in total. The van der Waals surface area contributed by atoms with Crippen molar-refractivity contribution in [1.82, 2.24) is 4.37 Å². The summed E-state index contributed by atoms with van der Waals surface area (Å²) in [6, 6.07) is 8.55. The number of methoxy groups -OCH3 is 1. The van der Waals surface area contributed by atoms with E-state index in [0.717, 1.165) is 5.56 Å². The molecule has 2 rings (SSSR count). The van der Waals surface area contributed by atoms with Crippen LogP contribution in [-0.2, 0) is 9.53 Å². The van der Waals surface area contributed by atoms with Gasteiger partial charge in [-0.05, 0) is 30.9 Å². The predicted molar refractivity (Wildman–Crippen MR) is 81.7 cm³/mol. The zero-order chi connectivity index (χ0) is 15.4. The summed E-state index contributed by atoms with van der Waals surface area (Å²) in [4.78, 5) is 23.7. The van der Waals surface area contributed by atoms with Gasteiger partial charge in [-0.15, -0.1) is 0 Å². The molecule has 0 amide bonds. The summed E-state index contributed by atoms with van der Waals surface area (Å²) < 4.78 is 9.02. The van der Waals surface area contributed by atoms with Crippen molar-refractivity contribution in [3.63, 3.8) is 0 Å². The van der Waals surface area contributed by atoms with E-state index in [4.69, 9.17) is 4.74 Å². The third kappa shape index (κ3) is 3.28. The van der Waals surface area contributed by atoms with Gasteiger partial charge in [0.2, 0.25) is 0 Å². The highest BCUT2D eigenvalue weighted by Gasteiger charge is 2.24. The maximum absolute atomic E-state index is 12.0. The van der Waals surface area contributed by atoms with Crippen molar-refractivity contribution in [2.24, 2.45) is 0 Å². The number of aryl methyl sites for hydroxylation is 1. The number of benzene rings is 1. The SMILES string of the molecule is COC(=O)C(Nc1snc(C)c1C(C)=O)c1ccccc1. The normalized spacial score (nSPS) is 11.8. The van der Waals surface area contributed by atoms with Crippen LogP contribution in [0.2, 0.25) is 0 Å². The van der Waals surface area contributed by atoms with Gasteiger partial charge in [-0.25, -0.2) is 4.79 Å². The summed E-state index contributed by atoms with van der Waals surface area (Å²) in [6.07, 6.45) is 0. The molecule has 1 unspecified atom stereocenters. The Hall–Kier alpha value is -2.21. The van der Waals surface area contributed by atoms with Crippen molar-refractivity contribution in [3.05, 3.63) is 47.2 Å². The number of hydrogen-bond donors (Lipinski definition) is 1. The van der Waals surface area contributed by atoms with Crippen molar-refractivity contribution in [3.8, 4) is 0 Å². The highest BCUT2D eigenvalue weighted by Crippen LogP contribution is 2.29. The number of hydrogen-bond acceptors (Lipinski definition) is 6. The minimum Gasteiger partial charge on any atom is -0.467 e. The average molecular weight is 304 g/mol. The van der Waals surface area contributed by atoms with Crippen LogP contribution >= 0.6 is 11.5 Å². The molecule has 1 atom stereocenters. The molecule has 0 aliphatic heterocycles. The molecule has 110 valence electrons. The number of Topliss-reactive ketones (excluding diaryl/α,β-unsaturated/α-hetero) is 1. The number of nitrogens with zero attached hydrogens (tertiary/aromatic N) is 1. The lowest BCUT2D eigenvalue weighted by atomic mass is 10.1. The molecule has 5 nitrogen and oxygen atoms in total. The number of carbonyl (C=O) groups excluding carboxylic acids is 2. The van der Waals surface area contributed by atoms with E-state index in [9.17, 15) is 9.59 Å². The predicted octanol–water partition coefficient (Wildman–Crippen LogP) is 2.98. The number of aromatic nitrogens is 1. The van der Waals surface area contributed by atoms with Crippen molar-refractivity contribution in [2.75, 3.05) is 12.4 Å². The Morgan fingerprint density at radius 1 is 1.29 bits per heavy atom. The van der Waals surface area contributed by atoms with E-state index < -0.39 is 12.0 Å². The fourth-order valence-corrected chi connectivity index (χ4v) is 2.93. The van der Waals surface area contributed by atoms with Crippen LogP contribution in [0.25, 0.3) is 0 Å². The molecule has 0 aliphatic carbocycles. The van der Waals surface area contributed by atoms with Gasteiger partial charge in [-0.2, -0.15) is 4.37 Å². The number of carbonyl (C=O) groups is 2. The van der Waals surface area contributed by atoms with E-state index in [0.29, 0.717) is 16.3 Å². The molecule has 0 saturated carbocycles. The maximum Gasteiger partial charge on any atom is 0.333 e. The number of anilines is 1. The number of esters is 1. The van der Waals surface area contributed by atoms with Gasteiger partial charge in [0.25, 0.3) is 0 Å². The molecular formula is C15H16N2O3S. The first-order chi connectivity index (χ1) is 10.0. The molecule has 21 heavy (non-hydrogen) atoms. The van der Waals surface area contributed by atoms with Crippen LogP contribution in [0.15, 0.2) is 30.3 Å². The third-order valence-electron chi connectivity index (χ3n) is 3.06. The molecule has 0 radical (unpaired) electrons. The fraction of sp³-hybridized carbons (Fsp3) is 0.267.